The average Bonchev–Trinajstić information content (AvgIpc) is 2.20. The molecular weight excluding hydrogens is 199 g/mol. The summed E-state index contributed by atoms with van der Waals surface area (Å²) >= 11 is 0. The van der Waals surface area contributed by atoms with Crippen LogP contribution in [-0.2, 0) is 0 Å². The van der Waals surface area contributed by atoms with Crippen LogP contribution in [-0.4, -0.2) is 11.5 Å². The second kappa shape index (κ2) is 8.68. The van der Waals surface area contributed by atoms with Gasteiger partial charge in [-0.1, -0.05) is 18.2 Å². The predicted octanol–water partition coefficient (Wildman–Crippen LogP) is 2.17. The minimum Gasteiger partial charge on any atom is -0.386 e. The lowest BCUT2D eigenvalue weighted by Gasteiger charge is -1.85. The Morgan fingerprint density at radius 1 is 1.47 bits per heavy atom. The number of nitrogens with one attached hydrogen (secondary N) is 1. The van der Waals surface area contributed by atoms with Gasteiger partial charge in [-0.05, 0) is 19.1 Å². The number of hydrogen-bond acceptors (Lipinski definition) is 3. The monoisotopic (exact) mass is 212 g/mol. The molecule has 1 N–H and O–H groups in total. The number of hydrogen-bond donors (Lipinski definition) is 1. The van der Waals surface area contributed by atoms with E-state index >= 15 is 0 Å². The van der Waals surface area contributed by atoms with E-state index in [1.807, 2.05) is 6.92 Å². The van der Waals surface area contributed by atoms with Crippen LogP contribution in [0.4, 0.5) is 4.39 Å². The molecule has 82 valence electrons. The van der Waals surface area contributed by atoms with Gasteiger partial charge in [0.2, 0.25) is 6.20 Å². The maximum Gasteiger partial charge on any atom is 0.249 e. The zero-order valence-electron chi connectivity index (χ0n) is 8.39. The Morgan fingerprint density at radius 2 is 2.07 bits per heavy atom. The van der Waals surface area contributed by atoms with Gasteiger partial charge in [0, 0.05) is 6.54 Å². The fraction of sp³-hybridized carbons (Fsp3) is 0.200. The summed E-state index contributed by atoms with van der Waals surface area (Å²) in [6.45, 7) is 2.58. The van der Waals surface area contributed by atoms with Crippen LogP contribution in [0.25, 0.3) is 0 Å². The molecule has 0 heterocycles. The molecule has 0 amide bonds. The van der Waals surface area contributed by atoms with E-state index in [2.05, 4.69) is 5.32 Å². The molecule has 0 radical (unpaired) electrons. The third kappa shape index (κ3) is 10.0. The Bertz CT molecular complexity index is 302. The van der Waals surface area contributed by atoms with E-state index in [1.165, 1.54) is 18.3 Å². The van der Waals surface area contributed by atoms with Crippen molar-refractivity contribution in [3.63, 3.8) is 0 Å². The molecule has 4 nitrogen and oxygen atoms in total. The highest BCUT2D eigenvalue weighted by Gasteiger charge is 1.79. The standard InChI is InChI=1S/C6H5F.C4H8N2O2/c7-6-4-2-1-3-5-6;1-2-5-3-4-6(7)8/h1-5H;3-5H,2H2,1H3. The van der Waals surface area contributed by atoms with Gasteiger partial charge in [0.15, 0.2) is 0 Å². The predicted molar refractivity (Wildman–Crippen MR) is 56.2 cm³/mol. The van der Waals surface area contributed by atoms with E-state index in [4.69, 9.17) is 0 Å². The van der Waals surface area contributed by atoms with Gasteiger partial charge < -0.3 is 5.32 Å². The van der Waals surface area contributed by atoms with Gasteiger partial charge in [-0.15, -0.1) is 0 Å². The lowest BCUT2D eigenvalue weighted by Crippen LogP contribution is -2.02. The summed E-state index contributed by atoms with van der Waals surface area (Å²) in [5.41, 5.74) is 0. The maximum absolute atomic E-state index is 11.9. The van der Waals surface area contributed by atoms with Gasteiger partial charge in [-0.3, -0.25) is 10.1 Å². The normalized spacial score (nSPS) is 9.20. The summed E-state index contributed by atoms with van der Waals surface area (Å²) in [7, 11) is 0. The smallest absolute Gasteiger partial charge is 0.249 e. The summed E-state index contributed by atoms with van der Waals surface area (Å²) in [6.07, 6.45) is 2.17. The van der Waals surface area contributed by atoms with Crippen LogP contribution in [0.1, 0.15) is 6.92 Å². The summed E-state index contributed by atoms with van der Waals surface area (Å²) < 4.78 is 11.9. The average molecular weight is 212 g/mol. The first-order valence-corrected chi connectivity index (χ1v) is 4.41. The van der Waals surface area contributed by atoms with Crippen molar-refractivity contribution in [3.8, 4) is 0 Å². The van der Waals surface area contributed by atoms with Gasteiger partial charge in [-0.25, -0.2) is 4.39 Å². The zero-order chi connectivity index (χ0) is 11.5. The minimum atomic E-state index is -0.511. The van der Waals surface area contributed by atoms with E-state index in [0.717, 1.165) is 6.20 Å². The molecular formula is C10H13FN2O2. The van der Waals surface area contributed by atoms with E-state index < -0.39 is 4.92 Å². The zero-order valence-corrected chi connectivity index (χ0v) is 8.39. The molecule has 0 fully saturated rings. The van der Waals surface area contributed by atoms with Gasteiger partial charge >= 0.3 is 0 Å². The minimum absolute atomic E-state index is 0.178. The Hall–Kier alpha value is -1.91. The maximum atomic E-state index is 11.9. The lowest BCUT2D eigenvalue weighted by atomic mass is 10.4. The molecule has 0 aromatic heterocycles. The molecule has 0 aliphatic rings. The molecule has 0 aliphatic carbocycles. The number of benzene rings is 1. The van der Waals surface area contributed by atoms with Gasteiger partial charge in [0.25, 0.3) is 0 Å². The molecule has 15 heavy (non-hydrogen) atoms. The lowest BCUT2D eigenvalue weighted by molar-refractivity contribution is -0.402. The van der Waals surface area contributed by atoms with Crippen molar-refractivity contribution in [1.29, 1.82) is 0 Å². The molecule has 0 spiro atoms. The van der Waals surface area contributed by atoms with E-state index in [0.29, 0.717) is 6.54 Å². The highest BCUT2D eigenvalue weighted by molar-refractivity contribution is 5.02. The summed E-state index contributed by atoms with van der Waals surface area (Å²) in [6, 6.07) is 7.94. The number of rotatable bonds is 3. The van der Waals surface area contributed by atoms with Crippen molar-refractivity contribution < 1.29 is 9.31 Å². The third-order valence-corrected chi connectivity index (χ3v) is 1.25. The Balaban J connectivity index is 0.000000262. The molecule has 5 heteroatoms. The highest BCUT2D eigenvalue weighted by Crippen LogP contribution is 1.91. The van der Waals surface area contributed by atoms with Crippen LogP contribution in [0.2, 0.25) is 0 Å². The molecule has 0 aliphatic heterocycles. The van der Waals surface area contributed by atoms with Crippen LogP contribution in [0.15, 0.2) is 42.7 Å². The van der Waals surface area contributed by atoms with Crippen LogP contribution in [0.5, 0.6) is 0 Å². The summed E-state index contributed by atoms with van der Waals surface area (Å²) in [5.74, 6) is -0.178. The SMILES string of the molecule is CCNC=C[N+](=O)[O-].Fc1ccccc1. The van der Waals surface area contributed by atoms with Gasteiger partial charge in [0.1, 0.15) is 5.82 Å². The summed E-state index contributed by atoms with van der Waals surface area (Å²) in [4.78, 5) is 9.04. The molecule has 0 bridgehead atoms. The molecule has 1 rings (SSSR count). The van der Waals surface area contributed by atoms with Gasteiger partial charge in [-0.2, -0.15) is 0 Å². The van der Waals surface area contributed by atoms with Gasteiger partial charge in [0.05, 0.1) is 11.1 Å². The molecule has 0 saturated carbocycles. The summed E-state index contributed by atoms with van der Waals surface area (Å²) in [5, 5.41) is 12.2. The van der Waals surface area contributed by atoms with Crippen molar-refractivity contribution in [1.82, 2.24) is 5.32 Å². The fourth-order valence-corrected chi connectivity index (χ4v) is 0.646. The molecule has 1 aromatic rings. The van der Waals surface area contributed by atoms with E-state index in [9.17, 15) is 14.5 Å². The fourth-order valence-electron chi connectivity index (χ4n) is 0.646. The highest BCUT2D eigenvalue weighted by atomic mass is 19.1. The Morgan fingerprint density at radius 3 is 2.40 bits per heavy atom. The molecule has 0 unspecified atom stereocenters. The van der Waals surface area contributed by atoms with Crippen molar-refractivity contribution in [2.75, 3.05) is 6.54 Å². The van der Waals surface area contributed by atoms with E-state index in [-0.39, 0.29) is 5.82 Å². The van der Waals surface area contributed by atoms with Crippen molar-refractivity contribution in [2.45, 2.75) is 6.92 Å². The molecule has 0 saturated heterocycles. The van der Waals surface area contributed by atoms with Crippen LogP contribution in [0, 0.1) is 15.9 Å². The largest absolute Gasteiger partial charge is 0.386 e. The first-order valence-electron chi connectivity index (χ1n) is 4.41. The Kier molecular flexibility index (Phi) is 7.57. The second-order valence-corrected chi connectivity index (χ2v) is 2.45. The van der Waals surface area contributed by atoms with Crippen molar-refractivity contribution in [2.24, 2.45) is 0 Å². The van der Waals surface area contributed by atoms with Crippen molar-refractivity contribution >= 4 is 0 Å². The van der Waals surface area contributed by atoms with Crippen LogP contribution < -0.4 is 5.32 Å². The van der Waals surface area contributed by atoms with Crippen LogP contribution >= 0.6 is 0 Å². The molecule has 1 aromatic carbocycles. The number of nitro groups is 1. The quantitative estimate of drug-likeness (QED) is 0.617. The number of nitrogens with zero attached hydrogens (tertiary/aromatic N) is 1. The Labute approximate surface area is 87.6 Å². The second-order valence-electron chi connectivity index (χ2n) is 2.45. The third-order valence-electron chi connectivity index (χ3n) is 1.25. The first kappa shape index (κ1) is 13.1. The number of halogens is 1. The van der Waals surface area contributed by atoms with Crippen LogP contribution in [0.3, 0.4) is 0 Å². The van der Waals surface area contributed by atoms with E-state index in [1.54, 1.807) is 18.2 Å². The topological polar surface area (TPSA) is 55.2 Å². The van der Waals surface area contributed by atoms with Crippen molar-refractivity contribution in [3.05, 3.63) is 58.7 Å². The first-order chi connectivity index (χ1) is 7.16. The molecule has 0 atom stereocenters.